The molecule has 0 bridgehead atoms. The van der Waals surface area contributed by atoms with Gasteiger partial charge in [-0.2, -0.15) is 4.98 Å². The van der Waals surface area contributed by atoms with Crippen molar-refractivity contribution in [1.29, 1.82) is 0 Å². The van der Waals surface area contributed by atoms with Crippen LogP contribution in [0.4, 0.5) is 30.6 Å². The quantitative estimate of drug-likeness (QED) is 0.763. The minimum Gasteiger partial charge on any atom is -0.351 e. The van der Waals surface area contributed by atoms with Crippen molar-refractivity contribution in [3.8, 4) is 0 Å². The predicted molar refractivity (Wildman–Crippen MR) is 103 cm³/mol. The fourth-order valence-electron chi connectivity index (χ4n) is 3.87. The van der Waals surface area contributed by atoms with Crippen molar-refractivity contribution >= 4 is 23.4 Å². The SMILES string of the molecule is Cc1nc(N[C@H]2C[C@H](Cc3cc(F)c(F)c(F)c3)C2)nc2c1NC(=O)[C@H](C)N2C. The van der Waals surface area contributed by atoms with Crippen molar-refractivity contribution in [3.05, 3.63) is 40.8 Å². The molecule has 1 atom stereocenters. The molecule has 1 amide bonds. The molecular weight excluding hydrogens is 383 g/mol. The summed E-state index contributed by atoms with van der Waals surface area (Å²) in [6.07, 6.45) is 2.08. The van der Waals surface area contributed by atoms with Crippen LogP contribution >= 0.6 is 0 Å². The third-order valence-corrected chi connectivity index (χ3v) is 5.75. The van der Waals surface area contributed by atoms with E-state index in [1.807, 2.05) is 18.9 Å². The van der Waals surface area contributed by atoms with Crippen LogP contribution < -0.4 is 15.5 Å². The van der Waals surface area contributed by atoms with E-state index in [1.165, 1.54) is 0 Å². The van der Waals surface area contributed by atoms with Crippen molar-refractivity contribution in [2.45, 2.75) is 45.2 Å². The van der Waals surface area contributed by atoms with Gasteiger partial charge in [-0.15, -0.1) is 0 Å². The summed E-state index contributed by atoms with van der Waals surface area (Å²) in [7, 11) is 1.82. The number of aromatic nitrogens is 2. The lowest BCUT2D eigenvalue weighted by Gasteiger charge is -2.37. The van der Waals surface area contributed by atoms with E-state index < -0.39 is 17.5 Å². The number of likely N-dealkylation sites (N-methyl/N-ethyl adjacent to an activating group) is 1. The molecule has 1 saturated carbocycles. The van der Waals surface area contributed by atoms with Gasteiger partial charge in [0.1, 0.15) is 11.7 Å². The summed E-state index contributed by atoms with van der Waals surface area (Å²) < 4.78 is 39.8. The number of nitrogens with zero attached hydrogens (tertiary/aromatic N) is 3. The molecule has 0 radical (unpaired) electrons. The molecule has 2 heterocycles. The number of anilines is 3. The second kappa shape index (κ2) is 7.20. The first-order valence-corrected chi connectivity index (χ1v) is 9.55. The van der Waals surface area contributed by atoms with Crippen molar-refractivity contribution in [2.24, 2.45) is 5.92 Å². The Labute approximate surface area is 166 Å². The van der Waals surface area contributed by atoms with E-state index in [0.29, 0.717) is 35.1 Å². The molecule has 2 aromatic rings. The number of hydrogen-bond donors (Lipinski definition) is 2. The molecule has 154 valence electrons. The van der Waals surface area contributed by atoms with E-state index in [4.69, 9.17) is 0 Å². The molecule has 2 N–H and O–H groups in total. The molecule has 2 aliphatic rings. The lowest BCUT2D eigenvalue weighted by molar-refractivity contribution is -0.117. The highest BCUT2D eigenvalue weighted by Gasteiger charge is 2.33. The average Bonchev–Trinajstić information content (AvgIpc) is 2.63. The van der Waals surface area contributed by atoms with E-state index in [2.05, 4.69) is 20.6 Å². The molecule has 1 aromatic carbocycles. The minimum absolute atomic E-state index is 0.0945. The molecule has 0 unspecified atom stereocenters. The van der Waals surface area contributed by atoms with Gasteiger partial charge < -0.3 is 15.5 Å². The summed E-state index contributed by atoms with van der Waals surface area (Å²) in [6.45, 7) is 3.62. The summed E-state index contributed by atoms with van der Waals surface area (Å²) >= 11 is 0. The smallest absolute Gasteiger partial charge is 0.246 e. The molecule has 1 aliphatic heterocycles. The fraction of sp³-hybridized carbons (Fsp3) is 0.450. The van der Waals surface area contributed by atoms with Crippen molar-refractivity contribution in [2.75, 3.05) is 22.6 Å². The van der Waals surface area contributed by atoms with E-state index in [0.717, 1.165) is 25.0 Å². The van der Waals surface area contributed by atoms with Gasteiger partial charge in [0.25, 0.3) is 0 Å². The summed E-state index contributed by atoms with van der Waals surface area (Å²) in [6, 6.07) is 1.93. The van der Waals surface area contributed by atoms with Gasteiger partial charge >= 0.3 is 0 Å². The van der Waals surface area contributed by atoms with Crippen LogP contribution in [0.2, 0.25) is 0 Å². The zero-order chi connectivity index (χ0) is 20.9. The van der Waals surface area contributed by atoms with Gasteiger partial charge in [-0.1, -0.05) is 0 Å². The summed E-state index contributed by atoms with van der Waals surface area (Å²) in [5.74, 6) is -2.44. The lowest BCUT2D eigenvalue weighted by atomic mass is 9.76. The molecule has 29 heavy (non-hydrogen) atoms. The first kappa shape index (κ1) is 19.5. The molecule has 9 heteroatoms. The van der Waals surface area contributed by atoms with Crippen molar-refractivity contribution in [3.63, 3.8) is 0 Å². The number of carbonyl (C=O) groups excluding carboxylic acids is 1. The zero-order valence-electron chi connectivity index (χ0n) is 16.4. The predicted octanol–water partition coefficient (Wildman–Crippen LogP) is 3.41. The van der Waals surface area contributed by atoms with Crippen molar-refractivity contribution in [1.82, 2.24) is 9.97 Å². The maximum absolute atomic E-state index is 13.4. The molecular formula is C20H22F3N5O. The van der Waals surface area contributed by atoms with Gasteiger partial charge in [-0.3, -0.25) is 4.79 Å². The largest absolute Gasteiger partial charge is 0.351 e. The second-order valence-corrected chi connectivity index (χ2v) is 7.86. The Balaban J connectivity index is 1.40. The van der Waals surface area contributed by atoms with Gasteiger partial charge in [0.15, 0.2) is 23.3 Å². The highest BCUT2D eigenvalue weighted by Crippen LogP contribution is 2.35. The van der Waals surface area contributed by atoms with Gasteiger partial charge in [0.05, 0.1) is 5.69 Å². The third-order valence-electron chi connectivity index (χ3n) is 5.75. The maximum atomic E-state index is 13.4. The van der Waals surface area contributed by atoms with Gasteiger partial charge in [0, 0.05) is 13.1 Å². The Hall–Kier alpha value is -2.84. The molecule has 0 spiro atoms. The van der Waals surface area contributed by atoms with Crippen LogP contribution in [-0.2, 0) is 11.2 Å². The first-order chi connectivity index (χ1) is 13.7. The van der Waals surface area contributed by atoms with Crippen LogP contribution in [0.15, 0.2) is 12.1 Å². The number of nitrogens with one attached hydrogen (secondary N) is 2. The number of halogens is 3. The molecule has 1 aromatic heterocycles. The number of hydrogen-bond acceptors (Lipinski definition) is 5. The molecule has 4 rings (SSSR count). The number of benzene rings is 1. The number of carbonyl (C=O) groups is 1. The highest BCUT2D eigenvalue weighted by atomic mass is 19.2. The van der Waals surface area contributed by atoms with Crippen molar-refractivity contribution < 1.29 is 18.0 Å². The third kappa shape index (κ3) is 3.61. The van der Waals surface area contributed by atoms with Crippen LogP contribution in [0.1, 0.15) is 31.0 Å². The van der Waals surface area contributed by atoms with E-state index in [-0.39, 0.29) is 23.9 Å². The number of aryl methyl sites for hydroxylation is 1. The maximum Gasteiger partial charge on any atom is 0.246 e. The highest BCUT2D eigenvalue weighted by molar-refractivity contribution is 6.03. The molecule has 1 aliphatic carbocycles. The number of amides is 1. The van der Waals surface area contributed by atoms with E-state index >= 15 is 0 Å². The minimum atomic E-state index is -1.43. The van der Waals surface area contributed by atoms with Crippen LogP contribution in [0, 0.1) is 30.3 Å². The standard InChI is InChI=1S/C20H22F3N5O/c1-9-17-18(28(3)10(2)19(29)26-17)27-20(24-9)25-13-5-11(6-13)4-12-7-14(21)16(23)15(22)8-12/h7-8,10-11,13H,4-6H2,1-3H3,(H,26,29)(H,24,25,27)/t10-,11-,13-/m0/s1. The normalized spacial score (nSPS) is 23.3. The summed E-state index contributed by atoms with van der Waals surface area (Å²) in [4.78, 5) is 22.8. The Morgan fingerprint density at radius 1 is 1.21 bits per heavy atom. The number of rotatable bonds is 4. The Kier molecular flexibility index (Phi) is 4.84. The Morgan fingerprint density at radius 3 is 2.52 bits per heavy atom. The van der Waals surface area contributed by atoms with Crippen LogP contribution in [0.25, 0.3) is 0 Å². The first-order valence-electron chi connectivity index (χ1n) is 9.55. The number of fused-ring (bicyclic) bond motifs is 1. The molecule has 0 saturated heterocycles. The average molecular weight is 405 g/mol. The van der Waals surface area contributed by atoms with Crippen LogP contribution in [-0.4, -0.2) is 35.0 Å². The van der Waals surface area contributed by atoms with Gasteiger partial charge in [0.2, 0.25) is 11.9 Å². The second-order valence-electron chi connectivity index (χ2n) is 7.86. The van der Waals surface area contributed by atoms with Gasteiger partial charge in [-0.25, -0.2) is 18.2 Å². The van der Waals surface area contributed by atoms with Crippen LogP contribution in [0.3, 0.4) is 0 Å². The Bertz CT molecular complexity index is 954. The topological polar surface area (TPSA) is 70.1 Å². The fourth-order valence-corrected chi connectivity index (χ4v) is 3.87. The molecule has 6 nitrogen and oxygen atoms in total. The lowest BCUT2D eigenvalue weighted by Crippen LogP contribution is -2.45. The summed E-state index contributed by atoms with van der Waals surface area (Å²) in [5.41, 5.74) is 1.75. The van der Waals surface area contributed by atoms with Gasteiger partial charge in [-0.05, 0) is 56.7 Å². The summed E-state index contributed by atoms with van der Waals surface area (Å²) in [5, 5.41) is 6.14. The Morgan fingerprint density at radius 2 is 1.86 bits per heavy atom. The van der Waals surface area contributed by atoms with E-state index in [9.17, 15) is 18.0 Å². The van der Waals surface area contributed by atoms with E-state index in [1.54, 1.807) is 6.92 Å². The monoisotopic (exact) mass is 405 g/mol. The zero-order valence-corrected chi connectivity index (χ0v) is 16.4. The van der Waals surface area contributed by atoms with Crippen LogP contribution in [0.5, 0.6) is 0 Å². The molecule has 1 fully saturated rings.